The molecule has 0 aliphatic rings. The molecule has 2 N–H and O–H groups in total. The van der Waals surface area contributed by atoms with Gasteiger partial charge in [-0.2, -0.15) is 0 Å². The van der Waals surface area contributed by atoms with Crippen LogP contribution >= 0.6 is 0 Å². The highest BCUT2D eigenvalue weighted by Crippen LogP contribution is 2.13. The van der Waals surface area contributed by atoms with Crippen molar-refractivity contribution in [2.45, 2.75) is 6.61 Å². The molecule has 0 radical (unpaired) electrons. The molecule has 4 heteroatoms. The van der Waals surface area contributed by atoms with Crippen molar-refractivity contribution in [3.05, 3.63) is 60.2 Å². The molecule has 4 nitrogen and oxygen atoms in total. The maximum absolute atomic E-state index is 11.7. The van der Waals surface area contributed by atoms with E-state index in [-0.39, 0.29) is 19.1 Å². The third-order valence-electron chi connectivity index (χ3n) is 2.51. The van der Waals surface area contributed by atoms with Gasteiger partial charge >= 0.3 is 0 Å². The number of ether oxygens (including phenoxy) is 1. The molecule has 19 heavy (non-hydrogen) atoms. The minimum atomic E-state index is -0.222. The van der Waals surface area contributed by atoms with Crippen LogP contribution in [-0.4, -0.2) is 17.6 Å². The number of nitrogens with one attached hydrogen (secondary N) is 1. The van der Waals surface area contributed by atoms with Crippen molar-refractivity contribution < 1.29 is 14.6 Å². The average Bonchev–Trinajstić information content (AvgIpc) is 2.46. The maximum atomic E-state index is 11.7. The Morgan fingerprint density at radius 2 is 1.89 bits per heavy atom. The first-order chi connectivity index (χ1) is 9.28. The van der Waals surface area contributed by atoms with Crippen LogP contribution in [0.1, 0.15) is 5.56 Å². The number of hydrogen-bond donors (Lipinski definition) is 2. The lowest BCUT2D eigenvalue weighted by molar-refractivity contribution is -0.118. The topological polar surface area (TPSA) is 58.6 Å². The summed E-state index contributed by atoms with van der Waals surface area (Å²) in [7, 11) is 0. The summed E-state index contributed by atoms with van der Waals surface area (Å²) in [4.78, 5) is 11.7. The average molecular weight is 257 g/mol. The molecule has 0 saturated heterocycles. The minimum absolute atomic E-state index is 0.0482. The highest BCUT2D eigenvalue weighted by Gasteiger charge is 2.03. The predicted octanol–water partition coefficient (Wildman–Crippen LogP) is 2.20. The van der Waals surface area contributed by atoms with Gasteiger partial charge in [-0.05, 0) is 29.8 Å². The number of amides is 1. The molecule has 2 aromatic carbocycles. The van der Waals surface area contributed by atoms with E-state index in [2.05, 4.69) is 5.32 Å². The number of rotatable bonds is 5. The monoisotopic (exact) mass is 257 g/mol. The first-order valence-electron chi connectivity index (χ1n) is 5.95. The first-order valence-corrected chi connectivity index (χ1v) is 5.95. The summed E-state index contributed by atoms with van der Waals surface area (Å²) in [6.45, 7) is -0.114. The Hall–Kier alpha value is -2.33. The fraction of sp³-hybridized carbons (Fsp3) is 0.133. The van der Waals surface area contributed by atoms with Crippen LogP contribution in [0.3, 0.4) is 0 Å². The second-order valence-corrected chi connectivity index (χ2v) is 4.01. The Bertz CT molecular complexity index is 540. The van der Waals surface area contributed by atoms with Crippen molar-refractivity contribution in [1.29, 1.82) is 0 Å². The fourth-order valence-corrected chi connectivity index (χ4v) is 1.60. The Balaban J connectivity index is 1.86. The van der Waals surface area contributed by atoms with Crippen molar-refractivity contribution in [3.8, 4) is 5.75 Å². The molecule has 0 aromatic heterocycles. The quantitative estimate of drug-likeness (QED) is 0.863. The van der Waals surface area contributed by atoms with Crippen molar-refractivity contribution >= 4 is 11.6 Å². The number of anilines is 1. The van der Waals surface area contributed by atoms with Crippen LogP contribution < -0.4 is 10.1 Å². The van der Waals surface area contributed by atoms with Crippen LogP contribution in [0.25, 0.3) is 0 Å². The highest BCUT2D eigenvalue weighted by molar-refractivity contribution is 5.91. The van der Waals surface area contributed by atoms with E-state index in [1.165, 1.54) is 0 Å². The molecule has 0 spiro atoms. The minimum Gasteiger partial charge on any atom is -0.484 e. The van der Waals surface area contributed by atoms with Gasteiger partial charge in [-0.1, -0.05) is 30.3 Å². The summed E-state index contributed by atoms with van der Waals surface area (Å²) in [5.41, 5.74) is 1.49. The Labute approximate surface area is 111 Å². The molecule has 2 aromatic rings. The van der Waals surface area contributed by atoms with Gasteiger partial charge < -0.3 is 15.2 Å². The molecule has 1 amide bonds. The van der Waals surface area contributed by atoms with Crippen molar-refractivity contribution in [1.82, 2.24) is 0 Å². The van der Waals surface area contributed by atoms with Gasteiger partial charge in [0.05, 0.1) is 6.61 Å². The molecular formula is C15H15NO3. The second kappa shape index (κ2) is 6.56. The lowest BCUT2D eigenvalue weighted by atomic mass is 10.2. The zero-order valence-electron chi connectivity index (χ0n) is 10.4. The molecule has 0 aliphatic carbocycles. The third kappa shape index (κ3) is 4.12. The first kappa shape index (κ1) is 13.1. The van der Waals surface area contributed by atoms with Gasteiger partial charge in [0, 0.05) is 5.69 Å². The van der Waals surface area contributed by atoms with E-state index in [0.29, 0.717) is 5.75 Å². The van der Waals surface area contributed by atoms with Gasteiger partial charge in [0.25, 0.3) is 5.91 Å². The highest BCUT2D eigenvalue weighted by atomic mass is 16.5. The van der Waals surface area contributed by atoms with Crippen molar-refractivity contribution in [2.24, 2.45) is 0 Å². The predicted molar refractivity (Wildman–Crippen MR) is 72.9 cm³/mol. The SMILES string of the molecule is O=C(COc1cccc(CO)c1)Nc1ccccc1. The third-order valence-corrected chi connectivity index (χ3v) is 2.51. The van der Waals surface area contributed by atoms with Crippen LogP contribution in [0.2, 0.25) is 0 Å². The van der Waals surface area contributed by atoms with Crippen LogP contribution in [0.4, 0.5) is 5.69 Å². The van der Waals surface area contributed by atoms with Gasteiger partial charge in [0.15, 0.2) is 6.61 Å². The van der Waals surface area contributed by atoms with E-state index in [9.17, 15) is 4.79 Å². The van der Waals surface area contributed by atoms with E-state index in [1.54, 1.807) is 24.3 Å². The summed E-state index contributed by atoms with van der Waals surface area (Å²) in [5.74, 6) is 0.343. The normalized spacial score (nSPS) is 9.95. The maximum Gasteiger partial charge on any atom is 0.262 e. The van der Waals surface area contributed by atoms with Gasteiger partial charge in [-0.25, -0.2) is 0 Å². The molecule has 0 aliphatic heterocycles. The van der Waals surface area contributed by atoms with Gasteiger partial charge in [0.2, 0.25) is 0 Å². The number of carbonyl (C=O) groups is 1. The van der Waals surface area contributed by atoms with Gasteiger partial charge in [0.1, 0.15) is 5.75 Å². The number of hydrogen-bond acceptors (Lipinski definition) is 3. The van der Waals surface area contributed by atoms with E-state index in [4.69, 9.17) is 9.84 Å². The number of aliphatic hydroxyl groups excluding tert-OH is 1. The summed E-state index contributed by atoms with van der Waals surface area (Å²) in [6.07, 6.45) is 0. The molecule has 0 fully saturated rings. The second-order valence-electron chi connectivity index (χ2n) is 4.01. The largest absolute Gasteiger partial charge is 0.484 e. The van der Waals surface area contributed by atoms with Crippen molar-refractivity contribution in [3.63, 3.8) is 0 Å². The zero-order chi connectivity index (χ0) is 13.5. The van der Waals surface area contributed by atoms with Crippen LogP contribution in [0, 0.1) is 0 Å². The summed E-state index contributed by atoms with van der Waals surface area (Å²) >= 11 is 0. The lowest BCUT2D eigenvalue weighted by Gasteiger charge is -2.08. The molecule has 0 bridgehead atoms. The molecule has 0 atom stereocenters. The molecule has 2 rings (SSSR count). The van der Waals surface area contributed by atoms with Crippen LogP contribution in [0.15, 0.2) is 54.6 Å². The Kier molecular flexibility index (Phi) is 4.53. The summed E-state index contributed by atoms with van der Waals surface area (Å²) in [5, 5.41) is 11.7. The lowest BCUT2D eigenvalue weighted by Crippen LogP contribution is -2.20. The summed E-state index contributed by atoms with van der Waals surface area (Å²) in [6, 6.07) is 16.2. The van der Waals surface area contributed by atoms with Crippen LogP contribution in [-0.2, 0) is 11.4 Å². The smallest absolute Gasteiger partial charge is 0.262 e. The molecular weight excluding hydrogens is 242 g/mol. The van der Waals surface area contributed by atoms with E-state index in [1.807, 2.05) is 30.3 Å². The Morgan fingerprint density at radius 1 is 1.11 bits per heavy atom. The van der Waals surface area contributed by atoms with Gasteiger partial charge in [-0.3, -0.25) is 4.79 Å². The fourth-order valence-electron chi connectivity index (χ4n) is 1.60. The van der Waals surface area contributed by atoms with Crippen LogP contribution in [0.5, 0.6) is 5.75 Å². The number of para-hydroxylation sites is 1. The zero-order valence-corrected chi connectivity index (χ0v) is 10.4. The molecule has 98 valence electrons. The Morgan fingerprint density at radius 3 is 2.63 bits per heavy atom. The molecule has 0 saturated carbocycles. The molecule has 0 unspecified atom stereocenters. The van der Waals surface area contributed by atoms with Crippen molar-refractivity contribution in [2.75, 3.05) is 11.9 Å². The standard InChI is InChI=1S/C15H15NO3/c17-10-12-5-4-8-14(9-12)19-11-15(18)16-13-6-2-1-3-7-13/h1-9,17H,10-11H2,(H,16,18). The van der Waals surface area contributed by atoms with Gasteiger partial charge in [-0.15, -0.1) is 0 Å². The summed E-state index contributed by atoms with van der Waals surface area (Å²) < 4.78 is 5.36. The molecule has 0 heterocycles. The number of benzene rings is 2. The number of aliphatic hydroxyl groups is 1. The number of carbonyl (C=O) groups excluding carboxylic acids is 1. The van der Waals surface area contributed by atoms with E-state index in [0.717, 1.165) is 11.3 Å². The van der Waals surface area contributed by atoms with E-state index < -0.39 is 0 Å². The van der Waals surface area contributed by atoms with E-state index >= 15 is 0 Å².